The molecule has 3 nitrogen and oxygen atoms in total. The van der Waals surface area contributed by atoms with E-state index in [4.69, 9.17) is 5.11 Å². The fraction of sp³-hybridized carbons (Fsp3) is 0.500. The first-order chi connectivity index (χ1) is 10.6. The van der Waals surface area contributed by atoms with Crippen molar-refractivity contribution in [1.82, 2.24) is 5.32 Å². The van der Waals surface area contributed by atoms with Crippen LogP contribution < -0.4 is 5.32 Å². The summed E-state index contributed by atoms with van der Waals surface area (Å²) in [6.45, 7) is 5.24. The fourth-order valence-corrected chi connectivity index (χ4v) is 3.11. The molecule has 0 atom stereocenters. The zero-order valence-corrected chi connectivity index (χ0v) is 14.4. The third kappa shape index (κ3) is 8.25. The Labute approximate surface area is 138 Å². The summed E-state index contributed by atoms with van der Waals surface area (Å²) in [6, 6.07) is 8.16. The highest BCUT2D eigenvalue weighted by Crippen LogP contribution is 2.25. The minimum atomic E-state index is -0.0834. The molecule has 0 unspecified atom stereocenters. The number of carbonyl (C=O) groups is 1. The van der Waals surface area contributed by atoms with Gasteiger partial charge in [-0.1, -0.05) is 32.0 Å². The number of amides is 1. The van der Waals surface area contributed by atoms with Crippen molar-refractivity contribution < 1.29 is 9.90 Å². The maximum absolute atomic E-state index is 11.7. The Kier molecular flexibility index (Phi) is 9.67. The number of aliphatic hydroxyl groups is 1. The smallest absolute Gasteiger partial charge is 0.243 e. The third-order valence-electron chi connectivity index (χ3n) is 3.17. The molecule has 122 valence electrons. The van der Waals surface area contributed by atoms with Gasteiger partial charge in [-0.25, -0.2) is 0 Å². The molecule has 1 aromatic rings. The zero-order chi connectivity index (χ0) is 16.2. The number of unbranched alkanes of at least 4 members (excludes halogenated alkanes) is 1. The fourth-order valence-electron chi connectivity index (χ4n) is 1.83. The van der Waals surface area contributed by atoms with Crippen molar-refractivity contribution in [3.05, 3.63) is 35.9 Å². The van der Waals surface area contributed by atoms with Crippen molar-refractivity contribution >= 4 is 23.7 Å². The van der Waals surface area contributed by atoms with E-state index >= 15 is 0 Å². The van der Waals surface area contributed by atoms with E-state index in [9.17, 15) is 4.79 Å². The quantitative estimate of drug-likeness (QED) is 0.392. The number of thioether (sulfide) groups is 1. The van der Waals surface area contributed by atoms with Crippen LogP contribution in [0.4, 0.5) is 0 Å². The summed E-state index contributed by atoms with van der Waals surface area (Å²) in [4.78, 5) is 12.9. The maximum Gasteiger partial charge on any atom is 0.243 e. The Morgan fingerprint density at radius 1 is 1.32 bits per heavy atom. The minimum absolute atomic E-state index is 0.0834. The number of hydrogen-bond acceptors (Lipinski definition) is 3. The summed E-state index contributed by atoms with van der Waals surface area (Å²) in [6.07, 6.45) is 6.17. The average Bonchev–Trinajstić information content (AvgIpc) is 2.50. The van der Waals surface area contributed by atoms with Crippen molar-refractivity contribution in [3.63, 3.8) is 0 Å². The van der Waals surface area contributed by atoms with Crippen LogP contribution in [0, 0.1) is 5.92 Å². The molecule has 0 fully saturated rings. The van der Waals surface area contributed by atoms with E-state index in [1.54, 1.807) is 6.08 Å². The lowest BCUT2D eigenvalue weighted by Gasteiger charge is -2.07. The molecule has 0 radical (unpaired) electrons. The molecule has 1 aromatic carbocycles. The molecule has 4 heteroatoms. The van der Waals surface area contributed by atoms with Crippen LogP contribution in [0.2, 0.25) is 0 Å². The van der Waals surface area contributed by atoms with Crippen molar-refractivity contribution in [2.24, 2.45) is 5.92 Å². The summed E-state index contributed by atoms with van der Waals surface area (Å²) in [7, 11) is 0. The van der Waals surface area contributed by atoms with Gasteiger partial charge in [0.2, 0.25) is 5.91 Å². The van der Waals surface area contributed by atoms with Crippen LogP contribution in [0.3, 0.4) is 0 Å². The van der Waals surface area contributed by atoms with E-state index in [1.165, 1.54) is 11.3 Å². The van der Waals surface area contributed by atoms with Gasteiger partial charge in [0.05, 0.1) is 0 Å². The van der Waals surface area contributed by atoms with Gasteiger partial charge in [0, 0.05) is 24.1 Å². The summed E-state index contributed by atoms with van der Waals surface area (Å²) < 4.78 is 0. The zero-order valence-electron chi connectivity index (χ0n) is 13.5. The summed E-state index contributed by atoms with van der Waals surface area (Å²) in [5, 5.41) is 11.5. The lowest BCUT2D eigenvalue weighted by Crippen LogP contribution is -2.22. The molecule has 0 aliphatic carbocycles. The minimum Gasteiger partial charge on any atom is -0.396 e. The number of benzene rings is 1. The second kappa shape index (κ2) is 11.3. The Hall–Kier alpha value is -1.26. The molecule has 1 rings (SSSR count). The molecule has 1 amide bonds. The molecular formula is C18H27NO2S. The van der Waals surface area contributed by atoms with Gasteiger partial charge >= 0.3 is 0 Å². The molecule has 0 spiro atoms. The van der Waals surface area contributed by atoms with Crippen LogP contribution >= 0.6 is 11.8 Å². The van der Waals surface area contributed by atoms with Crippen molar-refractivity contribution in [1.29, 1.82) is 0 Å². The molecule has 0 aromatic heterocycles. The van der Waals surface area contributed by atoms with Gasteiger partial charge in [0.25, 0.3) is 0 Å². The largest absolute Gasteiger partial charge is 0.396 e. The molecule has 22 heavy (non-hydrogen) atoms. The van der Waals surface area contributed by atoms with Crippen LogP contribution in [0.25, 0.3) is 6.08 Å². The Bertz CT molecular complexity index is 472. The number of nitrogens with one attached hydrogen (secondary N) is 1. The monoisotopic (exact) mass is 321 g/mol. The summed E-state index contributed by atoms with van der Waals surface area (Å²) in [5.41, 5.74) is 1.08. The van der Waals surface area contributed by atoms with Gasteiger partial charge in [-0.2, -0.15) is 0 Å². The molecule has 2 N–H and O–H groups in total. The molecule has 0 saturated carbocycles. The van der Waals surface area contributed by atoms with Crippen molar-refractivity contribution in [2.75, 3.05) is 18.9 Å². The van der Waals surface area contributed by atoms with Crippen LogP contribution in [-0.4, -0.2) is 29.9 Å². The topological polar surface area (TPSA) is 49.3 Å². The van der Waals surface area contributed by atoms with Gasteiger partial charge in [0.1, 0.15) is 0 Å². The van der Waals surface area contributed by atoms with E-state index in [1.807, 2.05) is 36.0 Å². The highest BCUT2D eigenvalue weighted by Gasteiger charge is 2.02. The molecule has 0 heterocycles. The first-order valence-electron chi connectivity index (χ1n) is 7.92. The number of rotatable bonds is 10. The lowest BCUT2D eigenvalue weighted by molar-refractivity contribution is -0.116. The van der Waals surface area contributed by atoms with Crippen molar-refractivity contribution in [3.8, 4) is 0 Å². The Morgan fingerprint density at radius 3 is 2.82 bits per heavy atom. The molecule has 0 bridgehead atoms. The number of carbonyl (C=O) groups excluding carboxylic acids is 1. The first kappa shape index (κ1) is 18.8. The highest BCUT2D eigenvalue weighted by atomic mass is 32.2. The lowest BCUT2D eigenvalue weighted by atomic mass is 10.2. The summed E-state index contributed by atoms with van der Waals surface area (Å²) >= 11 is 1.84. The van der Waals surface area contributed by atoms with E-state index in [2.05, 4.69) is 25.2 Å². The van der Waals surface area contributed by atoms with Gasteiger partial charge in [-0.05, 0) is 48.6 Å². The SMILES string of the molecule is CC(C)CCSc1ccccc1/C=C/C(=O)NCCCCO. The number of hydrogen-bond donors (Lipinski definition) is 2. The van der Waals surface area contributed by atoms with E-state index in [-0.39, 0.29) is 12.5 Å². The predicted octanol–water partition coefficient (Wildman–Crippen LogP) is 3.73. The van der Waals surface area contributed by atoms with Gasteiger partial charge in [0.15, 0.2) is 0 Å². The average molecular weight is 321 g/mol. The van der Waals surface area contributed by atoms with Gasteiger partial charge in [-0.3, -0.25) is 4.79 Å². The second-order valence-electron chi connectivity index (χ2n) is 5.62. The van der Waals surface area contributed by atoms with E-state index in [0.29, 0.717) is 12.5 Å². The first-order valence-corrected chi connectivity index (χ1v) is 8.90. The highest BCUT2D eigenvalue weighted by molar-refractivity contribution is 7.99. The molecular weight excluding hydrogens is 294 g/mol. The summed E-state index contributed by atoms with van der Waals surface area (Å²) in [5.74, 6) is 1.72. The maximum atomic E-state index is 11.7. The predicted molar refractivity (Wildman–Crippen MR) is 95.0 cm³/mol. The molecule has 0 saturated heterocycles. The molecule has 0 aliphatic rings. The van der Waals surface area contributed by atoms with E-state index in [0.717, 1.165) is 24.2 Å². The van der Waals surface area contributed by atoms with Gasteiger partial charge < -0.3 is 10.4 Å². The van der Waals surface area contributed by atoms with Crippen LogP contribution in [-0.2, 0) is 4.79 Å². The Balaban J connectivity index is 2.49. The number of aliphatic hydroxyl groups excluding tert-OH is 1. The van der Waals surface area contributed by atoms with Crippen LogP contribution in [0.1, 0.15) is 38.7 Å². The van der Waals surface area contributed by atoms with Gasteiger partial charge in [-0.15, -0.1) is 11.8 Å². The van der Waals surface area contributed by atoms with E-state index < -0.39 is 0 Å². The normalized spacial score (nSPS) is 11.3. The third-order valence-corrected chi connectivity index (χ3v) is 4.29. The van der Waals surface area contributed by atoms with Crippen molar-refractivity contribution in [2.45, 2.75) is 38.0 Å². The Morgan fingerprint density at radius 2 is 2.09 bits per heavy atom. The van der Waals surface area contributed by atoms with Crippen LogP contribution in [0.5, 0.6) is 0 Å². The standard InChI is InChI=1S/C18H27NO2S/c1-15(2)11-14-22-17-8-4-3-7-16(17)9-10-18(21)19-12-5-6-13-20/h3-4,7-10,15,20H,5-6,11-14H2,1-2H3,(H,19,21)/b10-9+. The van der Waals surface area contributed by atoms with Crippen LogP contribution in [0.15, 0.2) is 35.2 Å². The second-order valence-corrected chi connectivity index (χ2v) is 6.76. The molecule has 0 aliphatic heterocycles.